The average Bonchev–Trinajstić information content (AvgIpc) is 3.19. The Hall–Kier alpha value is -2.50. The highest BCUT2D eigenvalue weighted by Gasteiger charge is 2.33. The Morgan fingerprint density at radius 2 is 1.93 bits per heavy atom. The Balaban J connectivity index is 1.73. The Labute approximate surface area is 175 Å². The van der Waals surface area contributed by atoms with E-state index in [4.69, 9.17) is 4.74 Å². The zero-order valence-electron chi connectivity index (χ0n) is 16.8. The standard InChI is InChI=1S/C19H25N5O5S/c1-21-16(7-8-20-21)17-4-2-3-9-23(17)18-6-5-15(14-19(18)24(25)26)30(27,28)22-10-12-29-13-11-22/h5-8,14,17H,2-4,9-13H2,1H3. The number of piperidine rings is 1. The summed E-state index contributed by atoms with van der Waals surface area (Å²) in [4.78, 5) is 13.4. The van der Waals surface area contributed by atoms with E-state index in [9.17, 15) is 18.5 Å². The fraction of sp³-hybridized carbons (Fsp3) is 0.526. The fourth-order valence-electron chi connectivity index (χ4n) is 4.23. The molecule has 3 heterocycles. The minimum Gasteiger partial charge on any atom is -0.379 e. The number of morpholine rings is 1. The van der Waals surface area contributed by atoms with Crippen LogP contribution in [0.5, 0.6) is 0 Å². The lowest BCUT2D eigenvalue weighted by Gasteiger charge is -2.37. The van der Waals surface area contributed by atoms with E-state index in [1.165, 1.54) is 16.4 Å². The van der Waals surface area contributed by atoms with E-state index in [-0.39, 0.29) is 29.7 Å². The zero-order valence-corrected chi connectivity index (χ0v) is 17.6. The number of nitrogens with zero attached hydrogens (tertiary/aromatic N) is 5. The largest absolute Gasteiger partial charge is 0.379 e. The van der Waals surface area contributed by atoms with Gasteiger partial charge in [0.2, 0.25) is 10.0 Å². The smallest absolute Gasteiger partial charge is 0.293 e. The summed E-state index contributed by atoms with van der Waals surface area (Å²) < 4.78 is 34.3. The van der Waals surface area contributed by atoms with Crippen molar-refractivity contribution in [3.63, 3.8) is 0 Å². The van der Waals surface area contributed by atoms with Crippen LogP contribution < -0.4 is 4.90 Å². The third kappa shape index (κ3) is 3.80. The van der Waals surface area contributed by atoms with E-state index in [1.54, 1.807) is 16.9 Å². The van der Waals surface area contributed by atoms with Crippen LogP contribution in [0.1, 0.15) is 31.0 Å². The van der Waals surface area contributed by atoms with Crippen molar-refractivity contribution in [2.75, 3.05) is 37.7 Å². The lowest BCUT2D eigenvalue weighted by atomic mass is 9.98. The molecule has 1 aromatic heterocycles. The number of nitro groups is 1. The number of nitro benzene ring substituents is 1. The summed E-state index contributed by atoms with van der Waals surface area (Å²) in [5, 5.41) is 16.1. The molecule has 2 saturated heterocycles. The molecule has 0 aliphatic carbocycles. The minimum absolute atomic E-state index is 0.0494. The molecule has 11 heteroatoms. The highest BCUT2D eigenvalue weighted by molar-refractivity contribution is 7.89. The van der Waals surface area contributed by atoms with Crippen LogP contribution >= 0.6 is 0 Å². The molecule has 1 unspecified atom stereocenters. The first kappa shape index (κ1) is 20.8. The second-order valence-electron chi connectivity index (χ2n) is 7.51. The first-order chi connectivity index (χ1) is 14.4. The van der Waals surface area contributed by atoms with Gasteiger partial charge in [-0.1, -0.05) is 0 Å². The number of anilines is 1. The molecular weight excluding hydrogens is 410 g/mol. The van der Waals surface area contributed by atoms with Crippen LogP contribution in [-0.4, -0.2) is 60.3 Å². The molecule has 0 N–H and O–H groups in total. The molecule has 0 radical (unpaired) electrons. The van der Waals surface area contributed by atoms with Crippen molar-refractivity contribution in [1.82, 2.24) is 14.1 Å². The SMILES string of the molecule is Cn1nccc1C1CCCCN1c1ccc(S(=O)(=O)N2CCOCC2)cc1[N+](=O)[O-]. The average molecular weight is 436 g/mol. The number of benzene rings is 1. The first-order valence-corrected chi connectivity index (χ1v) is 11.4. The molecule has 1 aromatic carbocycles. The molecule has 2 aliphatic rings. The first-order valence-electron chi connectivity index (χ1n) is 10.0. The number of aryl methyl sites for hydroxylation is 1. The van der Waals surface area contributed by atoms with Crippen LogP contribution in [-0.2, 0) is 21.8 Å². The molecule has 162 valence electrons. The number of sulfonamides is 1. The highest BCUT2D eigenvalue weighted by Crippen LogP contribution is 2.40. The van der Waals surface area contributed by atoms with Crippen LogP contribution in [0.25, 0.3) is 0 Å². The van der Waals surface area contributed by atoms with Crippen molar-refractivity contribution in [2.45, 2.75) is 30.2 Å². The fourth-order valence-corrected chi connectivity index (χ4v) is 5.66. The molecule has 4 rings (SSSR count). The van der Waals surface area contributed by atoms with Crippen molar-refractivity contribution < 1.29 is 18.1 Å². The molecule has 0 saturated carbocycles. The summed E-state index contributed by atoms with van der Waals surface area (Å²) in [7, 11) is -1.96. The second kappa shape index (κ2) is 8.32. The van der Waals surface area contributed by atoms with E-state index < -0.39 is 14.9 Å². The van der Waals surface area contributed by atoms with Crippen molar-refractivity contribution >= 4 is 21.4 Å². The predicted octanol–water partition coefficient (Wildman–Crippen LogP) is 2.08. The topological polar surface area (TPSA) is 111 Å². The summed E-state index contributed by atoms with van der Waals surface area (Å²) in [6.07, 6.45) is 4.50. The molecule has 2 fully saturated rings. The van der Waals surface area contributed by atoms with Gasteiger partial charge in [0.15, 0.2) is 0 Å². The minimum atomic E-state index is -3.81. The quantitative estimate of drug-likeness (QED) is 0.522. The maximum atomic E-state index is 13.0. The lowest BCUT2D eigenvalue weighted by molar-refractivity contribution is -0.384. The van der Waals surface area contributed by atoms with Gasteiger partial charge in [0.05, 0.1) is 34.8 Å². The van der Waals surface area contributed by atoms with Crippen LogP contribution in [0.4, 0.5) is 11.4 Å². The summed E-state index contributed by atoms with van der Waals surface area (Å²) in [5.74, 6) is 0. The summed E-state index contributed by atoms with van der Waals surface area (Å²) in [5.41, 5.74) is 1.22. The summed E-state index contributed by atoms with van der Waals surface area (Å²) in [6, 6.07) is 6.11. The van der Waals surface area contributed by atoms with Gasteiger partial charge in [0.1, 0.15) is 5.69 Å². The van der Waals surface area contributed by atoms with Gasteiger partial charge in [-0.2, -0.15) is 9.40 Å². The van der Waals surface area contributed by atoms with Crippen LogP contribution in [0.15, 0.2) is 35.4 Å². The van der Waals surface area contributed by atoms with Gasteiger partial charge in [-0.05, 0) is 37.5 Å². The third-order valence-electron chi connectivity index (χ3n) is 5.76. The molecule has 10 nitrogen and oxygen atoms in total. The Morgan fingerprint density at radius 1 is 1.17 bits per heavy atom. The van der Waals surface area contributed by atoms with Gasteiger partial charge in [-0.25, -0.2) is 8.42 Å². The van der Waals surface area contributed by atoms with Crippen LogP contribution in [0.3, 0.4) is 0 Å². The number of aromatic nitrogens is 2. The molecule has 0 bridgehead atoms. The Morgan fingerprint density at radius 3 is 2.60 bits per heavy atom. The van der Waals surface area contributed by atoms with Crippen molar-refractivity contribution in [2.24, 2.45) is 7.05 Å². The molecule has 30 heavy (non-hydrogen) atoms. The number of ether oxygens (including phenoxy) is 1. The van der Waals surface area contributed by atoms with Gasteiger partial charge < -0.3 is 9.64 Å². The zero-order chi connectivity index (χ0) is 21.3. The molecule has 2 aromatic rings. The monoisotopic (exact) mass is 435 g/mol. The number of hydrogen-bond acceptors (Lipinski definition) is 7. The maximum Gasteiger partial charge on any atom is 0.293 e. The highest BCUT2D eigenvalue weighted by atomic mass is 32.2. The maximum absolute atomic E-state index is 13.0. The van der Waals surface area contributed by atoms with E-state index in [2.05, 4.69) is 5.10 Å². The van der Waals surface area contributed by atoms with E-state index >= 15 is 0 Å². The molecule has 2 aliphatic heterocycles. The van der Waals surface area contributed by atoms with E-state index in [0.29, 0.717) is 25.4 Å². The number of rotatable bonds is 5. The van der Waals surface area contributed by atoms with Crippen molar-refractivity contribution in [1.29, 1.82) is 0 Å². The third-order valence-corrected chi connectivity index (χ3v) is 7.66. The Bertz CT molecular complexity index is 1030. The van der Waals surface area contributed by atoms with Gasteiger partial charge in [0.25, 0.3) is 5.69 Å². The van der Waals surface area contributed by atoms with Crippen molar-refractivity contribution in [3.8, 4) is 0 Å². The van der Waals surface area contributed by atoms with E-state index in [1.807, 2.05) is 18.0 Å². The summed E-state index contributed by atoms with van der Waals surface area (Å²) >= 11 is 0. The normalized spacial score (nSPS) is 21.0. The molecule has 1 atom stereocenters. The molecular formula is C19H25N5O5S. The summed E-state index contributed by atoms with van der Waals surface area (Å²) in [6.45, 7) is 1.78. The molecule has 0 spiro atoms. The molecule has 0 amide bonds. The number of hydrogen-bond donors (Lipinski definition) is 0. The van der Waals surface area contributed by atoms with Gasteiger partial charge >= 0.3 is 0 Å². The lowest BCUT2D eigenvalue weighted by Crippen LogP contribution is -2.40. The predicted molar refractivity (Wildman–Crippen MR) is 110 cm³/mol. The van der Waals surface area contributed by atoms with Crippen LogP contribution in [0.2, 0.25) is 0 Å². The van der Waals surface area contributed by atoms with Gasteiger partial charge in [-0.3, -0.25) is 14.8 Å². The van der Waals surface area contributed by atoms with Gasteiger partial charge in [0, 0.05) is 38.9 Å². The van der Waals surface area contributed by atoms with E-state index in [0.717, 1.165) is 25.0 Å². The van der Waals surface area contributed by atoms with Crippen molar-refractivity contribution in [3.05, 3.63) is 46.3 Å². The second-order valence-corrected chi connectivity index (χ2v) is 9.45. The van der Waals surface area contributed by atoms with Gasteiger partial charge in [-0.15, -0.1) is 0 Å². The Kier molecular flexibility index (Phi) is 5.76. The van der Waals surface area contributed by atoms with Crippen LogP contribution in [0, 0.1) is 10.1 Å².